The Hall–Kier alpha value is -1.58. The molecule has 1 aromatic heterocycles. The maximum Gasteiger partial charge on any atom is 0.309 e. The van der Waals surface area contributed by atoms with E-state index in [4.69, 9.17) is 5.11 Å². The van der Waals surface area contributed by atoms with Gasteiger partial charge in [0.1, 0.15) is 0 Å². The number of carboxylic acids is 1. The van der Waals surface area contributed by atoms with E-state index in [1.54, 1.807) is 0 Å². The lowest BCUT2D eigenvalue weighted by molar-refractivity contribution is -0.136. The van der Waals surface area contributed by atoms with Gasteiger partial charge in [0, 0.05) is 23.4 Å². The summed E-state index contributed by atoms with van der Waals surface area (Å²) in [6.45, 7) is 5.92. The maximum atomic E-state index is 12.4. The number of H-pyrrole nitrogens is 1. The number of Topliss-reactive ketones (excluding diaryl/α,β-unsaturated/α-hetero) is 1. The number of aliphatic carboxylic acids is 1. The van der Waals surface area contributed by atoms with Crippen LogP contribution in [-0.4, -0.2) is 21.8 Å². The van der Waals surface area contributed by atoms with Crippen LogP contribution in [0.2, 0.25) is 0 Å². The van der Waals surface area contributed by atoms with Crippen molar-refractivity contribution in [2.45, 2.75) is 91.4 Å². The third-order valence-corrected chi connectivity index (χ3v) is 4.66. The summed E-state index contributed by atoms with van der Waals surface area (Å²) in [6, 6.07) is 0. The van der Waals surface area contributed by atoms with Gasteiger partial charge < -0.3 is 10.1 Å². The number of unbranched alkanes of at least 4 members (excludes halogenated alkanes) is 8. The Morgan fingerprint density at radius 2 is 1.46 bits per heavy atom. The molecule has 0 aliphatic heterocycles. The second-order valence-corrected chi connectivity index (χ2v) is 6.80. The van der Waals surface area contributed by atoms with E-state index in [0.29, 0.717) is 17.7 Å². The van der Waals surface area contributed by atoms with Gasteiger partial charge in [-0.2, -0.15) is 0 Å². The van der Waals surface area contributed by atoms with Gasteiger partial charge in [-0.3, -0.25) is 9.59 Å². The molecule has 2 N–H and O–H groups in total. The van der Waals surface area contributed by atoms with E-state index in [1.807, 2.05) is 13.8 Å². The largest absolute Gasteiger partial charge is 0.481 e. The van der Waals surface area contributed by atoms with Gasteiger partial charge >= 0.3 is 5.97 Å². The number of carboxylic acid groups (broad SMARTS) is 1. The number of aryl methyl sites for hydroxylation is 1. The average Bonchev–Trinajstić information content (AvgIpc) is 2.79. The number of hydrogen-bond donors (Lipinski definition) is 2. The van der Waals surface area contributed by atoms with Gasteiger partial charge in [-0.25, -0.2) is 0 Å². The molecule has 0 atom stereocenters. The molecular weight excluding hydrogens is 302 g/mol. The van der Waals surface area contributed by atoms with Crippen molar-refractivity contribution in [2.24, 2.45) is 0 Å². The zero-order valence-electron chi connectivity index (χ0n) is 15.5. The Morgan fingerprint density at radius 1 is 0.917 bits per heavy atom. The lowest BCUT2D eigenvalue weighted by Gasteiger charge is -2.04. The Labute approximate surface area is 146 Å². The zero-order chi connectivity index (χ0) is 17.9. The first kappa shape index (κ1) is 20.5. The highest BCUT2D eigenvalue weighted by Crippen LogP contribution is 2.21. The minimum atomic E-state index is -0.878. The van der Waals surface area contributed by atoms with E-state index in [1.165, 1.54) is 44.9 Å². The van der Waals surface area contributed by atoms with Crippen LogP contribution in [0.3, 0.4) is 0 Å². The zero-order valence-corrected chi connectivity index (χ0v) is 15.5. The number of carbonyl (C=O) groups excluding carboxylic acids is 1. The van der Waals surface area contributed by atoms with Gasteiger partial charge in [0.2, 0.25) is 0 Å². The number of ketones is 1. The Kier molecular flexibility index (Phi) is 9.43. The molecule has 0 aliphatic carbocycles. The van der Waals surface area contributed by atoms with Crippen molar-refractivity contribution >= 4 is 11.8 Å². The van der Waals surface area contributed by atoms with Gasteiger partial charge in [0.15, 0.2) is 5.78 Å². The number of carbonyl (C=O) groups is 2. The third kappa shape index (κ3) is 6.90. The average molecular weight is 335 g/mol. The SMILES string of the molecule is CCCCCCCCCCCC(=O)c1c(C)[nH]c(CC(=O)O)c1C. The van der Waals surface area contributed by atoms with Crippen LogP contribution >= 0.6 is 0 Å². The first-order chi connectivity index (χ1) is 11.5. The van der Waals surface area contributed by atoms with Crippen LogP contribution in [0.1, 0.15) is 98.4 Å². The molecule has 136 valence electrons. The van der Waals surface area contributed by atoms with Crippen LogP contribution in [0.25, 0.3) is 0 Å². The molecule has 0 radical (unpaired) electrons. The van der Waals surface area contributed by atoms with E-state index in [-0.39, 0.29) is 12.2 Å². The molecule has 0 unspecified atom stereocenters. The van der Waals surface area contributed by atoms with Crippen LogP contribution < -0.4 is 0 Å². The van der Waals surface area contributed by atoms with Crippen molar-refractivity contribution < 1.29 is 14.7 Å². The number of aromatic nitrogens is 1. The van der Waals surface area contributed by atoms with E-state index >= 15 is 0 Å². The molecule has 1 heterocycles. The summed E-state index contributed by atoms with van der Waals surface area (Å²) in [5, 5.41) is 8.92. The molecule has 1 aromatic rings. The first-order valence-corrected chi connectivity index (χ1v) is 9.40. The summed E-state index contributed by atoms with van der Waals surface area (Å²) < 4.78 is 0. The molecule has 0 bridgehead atoms. The van der Waals surface area contributed by atoms with Gasteiger partial charge in [0.05, 0.1) is 6.42 Å². The molecule has 0 fully saturated rings. The first-order valence-electron chi connectivity index (χ1n) is 9.40. The highest BCUT2D eigenvalue weighted by atomic mass is 16.4. The summed E-state index contributed by atoms with van der Waals surface area (Å²) in [7, 11) is 0. The van der Waals surface area contributed by atoms with Crippen LogP contribution in [0.15, 0.2) is 0 Å². The van der Waals surface area contributed by atoms with Gasteiger partial charge in [-0.15, -0.1) is 0 Å². The normalized spacial score (nSPS) is 11.0. The standard InChI is InChI=1S/C20H33NO3/c1-4-5-6-7-8-9-10-11-12-13-18(22)20-15(2)17(14-19(23)24)21-16(20)3/h21H,4-14H2,1-3H3,(H,23,24). The molecule has 0 amide bonds. The molecular formula is C20H33NO3. The number of hydrogen-bond acceptors (Lipinski definition) is 2. The molecule has 0 saturated heterocycles. The van der Waals surface area contributed by atoms with E-state index in [9.17, 15) is 9.59 Å². The molecule has 24 heavy (non-hydrogen) atoms. The lowest BCUT2D eigenvalue weighted by atomic mass is 9.99. The number of rotatable bonds is 13. The fourth-order valence-electron chi connectivity index (χ4n) is 3.28. The predicted molar refractivity (Wildman–Crippen MR) is 97.8 cm³/mol. The topological polar surface area (TPSA) is 70.2 Å². The van der Waals surface area contributed by atoms with Crippen LogP contribution in [0, 0.1) is 13.8 Å². The van der Waals surface area contributed by atoms with Crippen molar-refractivity contribution in [3.8, 4) is 0 Å². The third-order valence-electron chi connectivity index (χ3n) is 4.66. The molecule has 4 nitrogen and oxygen atoms in total. The Balaban J connectivity index is 2.31. The quantitative estimate of drug-likeness (QED) is 0.376. The summed E-state index contributed by atoms with van der Waals surface area (Å²) in [5.74, 6) is -0.738. The van der Waals surface area contributed by atoms with Crippen LogP contribution in [0.4, 0.5) is 0 Å². The van der Waals surface area contributed by atoms with E-state index in [0.717, 1.165) is 24.1 Å². The molecule has 0 aliphatic rings. The van der Waals surface area contributed by atoms with Crippen LogP contribution in [-0.2, 0) is 11.2 Å². The van der Waals surface area contributed by atoms with Crippen molar-refractivity contribution in [3.63, 3.8) is 0 Å². The Morgan fingerprint density at radius 3 is 2.00 bits per heavy atom. The van der Waals surface area contributed by atoms with Crippen LogP contribution in [0.5, 0.6) is 0 Å². The monoisotopic (exact) mass is 335 g/mol. The fraction of sp³-hybridized carbons (Fsp3) is 0.700. The van der Waals surface area contributed by atoms with E-state index in [2.05, 4.69) is 11.9 Å². The second-order valence-electron chi connectivity index (χ2n) is 6.80. The summed E-state index contributed by atoms with van der Waals surface area (Å²) >= 11 is 0. The molecule has 0 aromatic carbocycles. The molecule has 0 spiro atoms. The minimum Gasteiger partial charge on any atom is -0.481 e. The molecule has 1 rings (SSSR count). The number of nitrogens with one attached hydrogen (secondary N) is 1. The molecule has 0 saturated carbocycles. The highest BCUT2D eigenvalue weighted by molar-refractivity contribution is 5.99. The van der Waals surface area contributed by atoms with E-state index < -0.39 is 5.97 Å². The maximum absolute atomic E-state index is 12.4. The smallest absolute Gasteiger partial charge is 0.309 e. The lowest BCUT2D eigenvalue weighted by Crippen LogP contribution is -2.04. The number of aromatic amines is 1. The highest BCUT2D eigenvalue weighted by Gasteiger charge is 2.18. The van der Waals surface area contributed by atoms with Crippen molar-refractivity contribution in [3.05, 3.63) is 22.5 Å². The summed E-state index contributed by atoms with van der Waals surface area (Å²) in [4.78, 5) is 26.3. The van der Waals surface area contributed by atoms with Gasteiger partial charge in [-0.1, -0.05) is 58.3 Å². The van der Waals surface area contributed by atoms with Gasteiger partial charge in [0.25, 0.3) is 0 Å². The minimum absolute atomic E-state index is 0.0576. The summed E-state index contributed by atoms with van der Waals surface area (Å²) in [6.07, 6.45) is 11.6. The van der Waals surface area contributed by atoms with Crippen molar-refractivity contribution in [1.82, 2.24) is 4.98 Å². The van der Waals surface area contributed by atoms with Gasteiger partial charge in [-0.05, 0) is 25.8 Å². The second kappa shape index (κ2) is 11.1. The fourth-order valence-corrected chi connectivity index (χ4v) is 3.28. The Bertz CT molecular complexity index is 531. The van der Waals surface area contributed by atoms with Crippen molar-refractivity contribution in [1.29, 1.82) is 0 Å². The molecule has 4 heteroatoms. The predicted octanol–water partition coefficient (Wildman–Crippen LogP) is 5.36. The van der Waals surface area contributed by atoms with Crippen molar-refractivity contribution in [2.75, 3.05) is 0 Å². The summed E-state index contributed by atoms with van der Waals surface area (Å²) in [5.41, 5.74) is 2.95.